The summed E-state index contributed by atoms with van der Waals surface area (Å²) < 4.78 is 47.6. The third-order valence-electron chi connectivity index (χ3n) is 4.79. The normalized spacial score (nSPS) is 11.9. The fraction of sp³-hybridized carbons (Fsp3) is 0.333. The van der Waals surface area contributed by atoms with Crippen LogP contribution in [0.3, 0.4) is 0 Å². The van der Waals surface area contributed by atoms with Crippen LogP contribution in [-0.2, 0) is 14.8 Å². The summed E-state index contributed by atoms with van der Waals surface area (Å²) in [5.41, 5.74) is 0.389. The second-order valence-electron chi connectivity index (χ2n) is 6.64. The maximum absolute atomic E-state index is 14.7. The molecule has 0 N–H and O–H groups in total. The van der Waals surface area contributed by atoms with Gasteiger partial charge in [0.2, 0.25) is 10.0 Å². The fourth-order valence-corrected chi connectivity index (χ4v) is 5.60. The molecular formula is C21H24FN3O4S2. The Labute approximate surface area is 185 Å². The van der Waals surface area contributed by atoms with E-state index in [0.29, 0.717) is 5.13 Å². The molecule has 1 heterocycles. The fourth-order valence-electron chi connectivity index (χ4n) is 3.13. The van der Waals surface area contributed by atoms with Crippen LogP contribution >= 0.6 is 11.3 Å². The van der Waals surface area contributed by atoms with Gasteiger partial charge in [-0.1, -0.05) is 37.3 Å². The maximum atomic E-state index is 14.7. The number of nitrogens with zero attached hydrogens (tertiary/aromatic N) is 3. The van der Waals surface area contributed by atoms with E-state index in [-0.39, 0.29) is 36.7 Å². The number of aromatic nitrogens is 1. The van der Waals surface area contributed by atoms with Crippen molar-refractivity contribution in [3.8, 4) is 0 Å². The Hall–Kier alpha value is -2.40. The molecule has 1 aromatic heterocycles. The number of ether oxygens (including phenoxy) is 1. The molecule has 0 aliphatic heterocycles. The van der Waals surface area contributed by atoms with Gasteiger partial charge in [-0.3, -0.25) is 9.69 Å². The lowest BCUT2D eigenvalue weighted by Gasteiger charge is -2.21. The number of rotatable bonds is 9. The first-order valence-corrected chi connectivity index (χ1v) is 12.0. The number of carbonyl (C=O) groups excluding carboxylic acids is 1. The number of amides is 1. The zero-order valence-corrected chi connectivity index (χ0v) is 19.2. The van der Waals surface area contributed by atoms with Crippen LogP contribution in [0.1, 0.15) is 24.2 Å². The quantitative estimate of drug-likeness (QED) is 0.481. The minimum Gasteiger partial charge on any atom is -0.383 e. The molecule has 1 amide bonds. The first-order chi connectivity index (χ1) is 14.8. The molecule has 0 aliphatic rings. The summed E-state index contributed by atoms with van der Waals surface area (Å²) in [6.45, 7) is 4.32. The Kier molecular flexibility index (Phi) is 7.37. The average molecular weight is 466 g/mol. The van der Waals surface area contributed by atoms with Crippen LogP contribution in [0.4, 0.5) is 9.52 Å². The number of carbonyl (C=O) groups is 1. The van der Waals surface area contributed by atoms with Gasteiger partial charge in [0, 0.05) is 20.2 Å². The monoisotopic (exact) mass is 465 g/mol. The Morgan fingerprint density at radius 2 is 1.87 bits per heavy atom. The number of hydrogen-bond acceptors (Lipinski definition) is 6. The highest BCUT2D eigenvalue weighted by atomic mass is 32.2. The molecule has 31 heavy (non-hydrogen) atoms. The van der Waals surface area contributed by atoms with Crippen LogP contribution in [0.2, 0.25) is 0 Å². The van der Waals surface area contributed by atoms with Gasteiger partial charge in [-0.15, -0.1) is 0 Å². The molecule has 0 aliphatic carbocycles. The van der Waals surface area contributed by atoms with Crippen molar-refractivity contribution in [3.63, 3.8) is 0 Å². The number of halogens is 1. The van der Waals surface area contributed by atoms with Crippen molar-refractivity contribution in [1.82, 2.24) is 9.29 Å². The number of para-hydroxylation sites is 1. The van der Waals surface area contributed by atoms with Gasteiger partial charge in [0.1, 0.15) is 5.82 Å². The summed E-state index contributed by atoms with van der Waals surface area (Å²) in [4.78, 5) is 19.0. The molecule has 0 bridgehead atoms. The molecule has 7 nitrogen and oxygen atoms in total. The molecule has 10 heteroatoms. The van der Waals surface area contributed by atoms with E-state index >= 15 is 0 Å². The zero-order valence-electron chi connectivity index (χ0n) is 17.5. The van der Waals surface area contributed by atoms with E-state index in [0.717, 1.165) is 22.3 Å². The average Bonchev–Trinajstić information content (AvgIpc) is 3.18. The van der Waals surface area contributed by atoms with Crippen LogP contribution in [0, 0.1) is 5.82 Å². The van der Waals surface area contributed by atoms with Crippen LogP contribution in [0.5, 0.6) is 0 Å². The predicted molar refractivity (Wildman–Crippen MR) is 120 cm³/mol. The summed E-state index contributed by atoms with van der Waals surface area (Å²) in [6.07, 6.45) is 0. The number of anilines is 1. The molecule has 0 saturated carbocycles. The Morgan fingerprint density at radius 3 is 2.52 bits per heavy atom. The molecule has 0 spiro atoms. The molecule has 3 rings (SSSR count). The van der Waals surface area contributed by atoms with E-state index in [2.05, 4.69) is 4.98 Å². The SMILES string of the molecule is CCN(CC)S(=O)(=O)c1ccc(F)c(C(=O)N(CCOC)c2nc3ccccc3s2)c1. The minimum atomic E-state index is -3.84. The Morgan fingerprint density at radius 1 is 1.16 bits per heavy atom. The number of hydrogen-bond donors (Lipinski definition) is 0. The van der Waals surface area contributed by atoms with E-state index in [1.165, 1.54) is 33.7 Å². The summed E-state index contributed by atoms with van der Waals surface area (Å²) in [5.74, 6) is -1.47. The third kappa shape index (κ3) is 4.77. The minimum absolute atomic E-state index is 0.128. The standard InChI is InChI=1S/C21H24FN3O4S2/c1-4-24(5-2)31(27,28)15-10-11-17(22)16(14-15)20(26)25(12-13-29-3)21-23-18-8-6-7-9-19(18)30-21/h6-11,14H,4-5,12-13H2,1-3H3. The largest absolute Gasteiger partial charge is 0.383 e. The summed E-state index contributed by atoms with van der Waals surface area (Å²) in [6, 6.07) is 10.7. The second kappa shape index (κ2) is 9.82. The van der Waals surface area contributed by atoms with Gasteiger partial charge in [-0.25, -0.2) is 17.8 Å². The third-order valence-corrected chi connectivity index (χ3v) is 7.89. The Bertz CT molecular complexity index is 1140. The summed E-state index contributed by atoms with van der Waals surface area (Å²) in [7, 11) is -2.34. The van der Waals surface area contributed by atoms with Gasteiger partial charge in [0.05, 0.1) is 33.8 Å². The number of methoxy groups -OCH3 is 1. The van der Waals surface area contributed by atoms with Crippen molar-refractivity contribution in [2.75, 3.05) is 38.3 Å². The topological polar surface area (TPSA) is 79.8 Å². The van der Waals surface area contributed by atoms with Gasteiger partial charge in [-0.05, 0) is 30.3 Å². The van der Waals surface area contributed by atoms with Crippen molar-refractivity contribution in [2.45, 2.75) is 18.7 Å². The molecular weight excluding hydrogens is 441 g/mol. The molecule has 3 aromatic rings. The number of sulfonamides is 1. The summed E-state index contributed by atoms with van der Waals surface area (Å²) in [5, 5.41) is 0.389. The molecule has 0 unspecified atom stereocenters. The van der Waals surface area contributed by atoms with Gasteiger partial charge >= 0.3 is 0 Å². The highest BCUT2D eigenvalue weighted by molar-refractivity contribution is 7.89. The highest BCUT2D eigenvalue weighted by Crippen LogP contribution is 2.30. The van der Waals surface area contributed by atoms with Crippen LogP contribution in [0.25, 0.3) is 10.2 Å². The van der Waals surface area contributed by atoms with Gasteiger partial charge in [0.25, 0.3) is 5.91 Å². The lowest BCUT2D eigenvalue weighted by molar-refractivity contribution is 0.0972. The maximum Gasteiger partial charge on any atom is 0.263 e. The smallest absolute Gasteiger partial charge is 0.263 e. The van der Waals surface area contributed by atoms with Gasteiger partial charge < -0.3 is 4.74 Å². The molecule has 0 saturated heterocycles. The van der Waals surface area contributed by atoms with Crippen LogP contribution in [-0.4, -0.2) is 57.0 Å². The molecule has 0 radical (unpaired) electrons. The lowest BCUT2D eigenvalue weighted by Crippen LogP contribution is -2.35. The molecule has 166 valence electrons. The highest BCUT2D eigenvalue weighted by Gasteiger charge is 2.28. The Balaban J connectivity index is 2.05. The molecule has 0 atom stereocenters. The van der Waals surface area contributed by atoms with Gasteiger partial charge in [0.15, 0.2) is 5.13 Å². The van der Waals surface area contributed by atoms with E-state index < -0.39 is 21.7 Å². The van der Waals surface area contributed by atoms with E-state index in [9.17, 15) is 17.6 Å². The van der Waals surface area contributed by atoms with Crippen molar-refractivity contribution in [1.29, 1.82) is 0 Å². The van der Waals surface area contributed by atoms with Crippen LogP contribution in [0.15, 0.2) is 47.4 Å². The van der Waals surface area contributed by atoms with E-state index in [1.807, 2.05) is 24.3 Å². The van der Waals surface area contributed by atoms with Crippen molar-refractivity contribution < 1.29 is 22.3 Å². The van der Waals surface area contributed by atoms with Gasteiger partial charge in [-0.2, -0.15) is 4.31 Å². The first-order valence-electron chi connectivity index (χ1n) is 9.79. The number of thiazole rings is 1. The summed E-state index contributed by atoms with van der Waals surface area (Å²) >= 11 is 1.30. The van der Waals surface area contributed by atoms with E-state index in [4.69, 9.17) is 4.74 Å². The zero-order chi connectivity index (χ0) is 22.6. The number of fused-ring (bicyclic) bond motifs is 1. The lowest BCUT2D eigenvalue weighted by atomic mass is 10.2. The molecule has 0 fully saturated rings. The molecule has 2 aromatic carbocycles. The van der Waals surface area contributed by atoms with E-state index in [1.54, 1.807) is 13.8 Å². The number of benzene rings is 2. The predicted octanol–water partition coefficient (Wildman–Crippen LogP) is 3.76. The van der Waals surface area contributed by atoms with Crippen LogP contribution < -0.4 is 4.90 Å². The second-order valence-corrected chi connectivity index (χ2v) is 9.59. The van der Waals surface area contributed by atoms with Crippen molar-refractivity contribution in [2.24, 2.45) is 0 Å². The van der Waals surface area contributed by atoms with Crippen molar-refractivity contribution >= 4 is 42.6 Å². The first kappa shape index (κ1) is 23.3. The van der Waals surface area contributed by atoms with Crippen molar-refractivity contribution in [3.05, 3.63) is 53.8 Å².